The summed E-state index contributed by atoms with van der Waals surface area (Å²) in [7, 11) is 0. The first-order chi connectivity index (χ1) is 8.76. The largest absolute Gasteiger partial charge is 0.394 e. The van der Waals surface area contributed by atoms with Crippen LogP contribution in [0.5, 0.6) is 0 Å². The fourth-order valence-corrected chi connectivity index (χ4v) is 2.27. The Kier molecular flexibility index (Phi) is 5.10. The van der Waals surface area contributed by atoms with Crippen molar-refractivity contribution in [1.29, 1.82) is 0 Å². The summed E-state index contributed by atoms with van der Waals surface area (Å²) in [5, 5.41) is 24.0. The average Bonchev–Trinajstić information content (AvgIpc) is 2.64. The van der Waals surface area contributed by atoms with Gasteiger partial charge in [0, 0.05) is 5.54 Å². The minimum Gasteiger partial charge on any atom is -0.394 e. The van der Waals surface area contributed by atoms with Crippen LogP contribution < -0.4 is 16.4 Å². The van der Waals surface area contributed by atoms with Gasteiger partial charge in [-0.3, -0.25) is 4.79 Å². The number of thiazole rings is 1. The minimum atomic E-state index is -0.701. The van der Waals surface area contributed by atoms with Gasteiger partial charge < -0.3 is 26.6 Å². The SMILES string of the molecule is CC(C)(C)Nc1nc(N)c(C(=O)NC(CO)CO)s1. The van der Waals surface area contributed by atoms with Crippen LogP contribution in [-0.2, 0) is 0 Å². The third-order valence-corrected chi connectivity index (χ3v) is 3.10. The summed E-state index contributed by atoms with van der Waals surface area (Å²) in [6.45, 7) is 5.23. The maximum absolute atomic E-state index is 11.9. The highest BCUT2D eigenvalue weighted by Gasteiger charge is 2.20. The van der Waals surface area contributed by atoms with Gasteiger partial charge in [0.05, 0.1) is 19.3 Å². The zero-order valence-electron chi connectivity index (χ0n) is 11.2. The van der Waals surface area contributed by atoms with Gasteiger partial charge in [-0.25, -0.2) is 4.98 Å². The number of nitrogens with zero attached hydrogens (tertiary/aromatic N) is 1. The van der Waals surface area contributed by atoms with E-state index in [-0.39, 0.29) is 29.4 Å². The molecule has 0 aliphatic carbocycles. The Balaban J connectivity index is 2.81. The van der Waals surface area contributed by atoms with Crippen molar-refractivity contribution in [3.63, 3.8) is 0 Å². The first kappa shape index (κ1) is 15.7. The first-order valence-electron chi connectivity index (χ1n) is 5.84. The number of aliphatic hydroxyl groups excluding tert-OH is 2. The number of hydrogen-bond acceptors (Lipinski definition) is 7. The van der Waals surface area contributed by atoms with Gasteiger partial charge in [-0.1, -0.05) is 11.3 Å². The van der Waals surface area contributed by atoms with Gasteiger partial charge in [0.25, 0.3) is 5.91 Å². The van der Waals surface area contributed by atoms with Crippen LogP contribution in [0.15, 0.2) is 0 Å². The van der Waals surface area contributed by atoms with E-state index in [1.165, 1.54) is 0 Å². The van der Waals surface area contributed by atoms with Gasteiger partial charge in [0.15, 0.2) is 5.13 Å². The molecular formula is C11H20N4O3S. The molecule has 0 spiro atoms. The van der Waals surface area contributed by atoms with Crippen LogP contribution in [0.25, 0.3) is 0 Å². The van der Waals surface area contributed by atoms with E-state index in [0.29, 0.717) is 5.13 Å². The topological polar surface area (TPSA) is 120 Å². The van der Waals surface area contributed by atoms with Crippen molar-refractivity contribution in [2.75, 3.05) is 24.3 Å². The molecule has 8 heteroatoms. The van der Waals surface area contributed by atoms with Crippen LogP contribution >= 0.6 is 11.3 Å². The molecule has 0 saturated heterocycles. The summed E-state index contributed by atoms with van der Waals surface area (Å²) in [5.41, 5.74) is 5.51. The van der Waals surface area contributed by atoms with Crippen LogP contribution in [0, 0.1) is 0 Å². The number of nitrogen functional groups attached to an aromatic ring is 1. The molecule has 0 unspecified atom stereocenters. The molecule has 0 aromatic carbocycles. The first-order valence-corrected chi connectivity index (χ1v) is 6.65. The van der Waals surface area contributed by atoms with E-state index in [9.17, 15) is 4.79 Å². The van der Waals surface area contributed by atoms with E-state index >= 15 is 0 Å². The van der Waals surface area contributed by atoms with Crippen molar-refractivity contribution < 1.29 is 15.0 Å². The lowest BCUT2D eigenvalue weighted by atomic mass is 10.1. The maximum atomic E-state index is 11.9. The van der Waals surface area contributed by atoms with Crippen LogP contribution in [-0.4, -0.2) is 45.9 Å². The molecule has 0 radical (unpaired) electrons. The highest BCUT2D eigenvalue weighted by atomic mass is 32.1. The molecule has 108 valence electrons. The lowest BCUT2D eigenvalue weighted by molar-refractivity contribution is 0.0884. The summed E-state index contributed by atoms with van der Waals surface area (Å²) in [5.74, 6) is -0.325. The van der Waals surface area contributed by atoms with E-state index in [2.05, 4.69) is 15.6 Å². The van der Waals surface area contributed by atoms with Gasteiger partial charge in [0.2, 0.25) is 0 Å². The number of anilines is 2. The lowest BCUT2D eigenvalue weighted by Gasteiger charge is -2.19. The van der Waals surface area contributed by atoms with Crippen LogP contribution in [0.2, 0.25) is 0 Å². The number of carbonyl (C=O) groups is 1. The zero-order valence-corrected chi connectivity index (χ0v) is 12.0. The summed E-state index contributed by atoms with van der Waals surface area (Å²) < 4.78 is 0. The molecule has 1 aromatic rings. The number of nitrogens with two attached hydrogens (primary N) is 1. The Morgan fingerprint density at radius 1 is 1.42 bits per heavy atom. The molecule has 0 aliphatic heterocycles. The second-order valence-corrected chi connectivity index (χ2v) is 6.14. The molecule has 19 heavy (non-hydrogen) atoms. The van der Waals surface area contributed by atoms with Crippen molar-refractivity contribution in [1.82, 2.24) is 10.3 Å². The fraction of sp³-hybridized carbons (Fsp3) is 0.636. The number of hydrogen-bond donors (Lipinski definition) is 5. The summed E-state index contributed by atoms with van der Waals surface area (Å²) in [6, 6.07) is -0.701. The molecule has 1 amide bonds. The number of aromatic nitrogens is 1. The van der Waals surface area contributed by atoms with Crippen molar-refractivity contribution >= 4 is 28.2 Å². The quantitative estimate of drug-likeness (QED) is 0.521. The minimum absolute atomic E-state index is 0.129. The zero-order chi connectivity index (χ0) is 14.6. The van der Waals surface area contributed by atoms with Crippen molar-refractivity contribution in [2.24, 2.45) is 0 Å². The van der Waals surface area contributed by atoms with E-state index in [1.54, 1.807) is 0 Å². The van der Waals surface area contributed by atoms with Crippen LogP contribution in [0.3, 0.4) is 0 Å². The molecule has 0 aliphatic rings. The van der Waals surface area contributed by atoms with Gasteiger partial charge in [-0.2, -0.15) is 0 Å². The molecule has 0 saturated carbocycles. The number of amides is 1. The molecular weight excluding hydrogens is 268 g/mol. The van der Waals surface area contributed by atoms with Crippen molar-refractivity contribution in [2.45, 2.75) is 32.4 Å². The van der Waals surface area contributed by atoms with Crippen LogP contribution in [0.1, 0.15) is 30.4 Å². The van der Waals surface area contributed by atoms with Crippen molar-refractivity contribution in [3.05, 3.63) is 4.88 Å². The van der Waals surface area contributed by atoms with E-state index < -0.39 is 11.9 Å². The number of carbonyl (C=O) groups excluding carboxylic acids is 1. The molecule has 1 aromatic heterocycles. The predicted octanol–water partition coefficient (Wildman–Crippen LogP) is 0.0187. The van der Waals surface area contributed by atoms with E-state index in [4.69, 9.17) is 15.9 Å². The molecule has 1 heterocycles. The standard InChI is InChI=1S/C11H20N4O3S/c1-11(2,3)15-10-14-8(12)7(19-10)9(18)13-6(4-16)5-17/h6,16-17H,4-5,12H2,1-3H3,(H,13,18)(H,14,15). The summed E-state index contributed by atoms with van der Waals surface area (Å²) in [6.07, 6.45) is 0. The third kappa shape index (κ3) is 4.66. The monoisotopic (exact) mass is 288 g/mol. The Morgan fingerprint density at radius 2 is 2.00 bits per heavy atom. The lowest BCUT2D eigenvalue weighted by Crippen LogP contribution is -2.40. The average molecular weight is 288 g/mol. The highest BCUT2D eigenvalue weighted by molar-refractivity contribution is 7.18. The van der Waals surface area contributed by atoms with Gasteiger partial charge in [-0.15, -0.1) is 0 Å². The Hall–Kier alpha value is -1.38. The highest BCUT2D eigenvalue weighted by Crippen LogP contribution is 2.27. The number of aliphatic hydroxyl groups is 2. The smallest absolute Gasteiger partial charge is 0.265 e. The predicted molar refractivity (Wildman–Crippen MR) is 75.3 cm³/mol. The third-order valence-electron chi connectivity index (χ3n) is 2.12. The molecule has 0 bridgehead atoms. The van der Waals surface area contributed by atoms with Gasteiger partial charge in [-0.05, 0) is 20.8 Å². The fourth-order valence-electron chi connectivity index (χ4n) is 1.27. The van der Waals surface area contributed by atoms with Gasteiger partial charge >= 0.3 is 0 Å². The van der Waals surface area contributed by atoms with E-state index in [1.807, 2.05) is 20.8 Å². The Bertz CT molecular complexity index is 438. The van der Waals surface area contributed by atoms with Crippen LogP contribution in [0.4, 0.5) is 10.9 Å². The second kappa shape index (κ2) is 6.18. The van der Waals surface area contributed by atoms with Gasteiger partial charge in [0.1, 0.15) is 10.7 Å². The summed E-state index contributed by atoms with van der Waals surface area (Å²) in [4.78, 5) is 16.2. The molecule has 7 nitrogen and oxygen atoms in total. The van der Waals surface area contributed by atoms with Crippen molar-refractivity contribution in [3.8, 4) is 0 Å². The molecule has 0 fully saturated rings. The Labute approximate surface area is 115 Å². The maximum Gasteiger partial charge on any atom is 0.265 e. The normalized spacial score (nSPS) is 11.7. The number of rotatable bonds is 5. The number of nitrogens with one attached hydrogen (secondary N) is 2. The molecule has 1 rings (SSSR count). The molecule has 0 atom stereocenters. The summed E-state index contributed by atoms with van der Waals surface area (Å²) >= 11 is 1.13. The Morgan fingerprint density at radius 3 is 2.47 bits per heavy atom. The van der Waals surface area contributed by atoms with E-state index in [0.717, 1.165) is 11.3 Å². The molecule has 6 N–H and O–H groups in total. The second-order valence-electron chi connectivity index (χ2n) is 5.14.